The monoisotopic (exact) mass is 308 g/mol. The van der Waals surface area contributed by atoms with Crippen molar-refractivity contribution in [1.29, 1.82) is 0 Å². The first-order chi connectivity index (χ1) is 10.8. The zero-order chi connectivity index (χ0) is 16.0. The van der Waals surface area contributed by atoms with Gasteiger partial charge in [-0.05, 0) is 32.4 Å². The summed E-state index contributed by atoms with van der Waals surface area (Å²) in [6.45, 7) is 9.57. The molecule has 3 nitrogen and oxygen atoms in total. The van der Waals surface area contributed by atoms with E-state index < -0.39 is 0 Å². The smallest absolute Gasteiger partial charge is 0.243 e. The van der Waals surface area contributed by atoms with Gasteiger partial charge in [-0.15, -0.1) is 0 Å². The van der Waals surface area contributed by atoms with Crippen molar-refractivity contribution in [1.82, 2.24) is 9.47 Å². The molecule has 0 aromatic carbocycles. The number of hydrogen-bond acceptors (Lipinski definition) is 1. The zero-order valence-corrected chi connectivity index (χ0v) is 15.3. The van der Waals surface area contributed by atoms with Gasteiger partial charge in [0.1, 0.15) is 12.4 Å². The van der Waals surface area contributed by atoms with Gasteiger partial charge in [0.2, 0.25) is 6.33 Å². The third kappa shape index (κ3) is 9.24. The number of aryl methyl sites for hydroxylation is 2. The highest BCUT2D eigenvalue weighted by Gasteiger charge is 2.06. The third-order valence-corrected chi connectivity index (χ3v) is 4.37. The van der Waals surface area contributed by atoms with Crippen molar-refractivity contribution >= 4 is 0 Å². The number of rotatable bonds is 14. The summed E-state index contributed by atoms with van der Waals surface area (Å²) in [7, 11) is 2.09. The zero-order valence-electron chi connectivity index (χ0n) is 15.3. The minimum Gasteiger partial charge on any atom is -0.303 e. The van der Waals surface area contributed by atoms with E-state index in [1.807, 2.05) is 0 Å². The van der Waals surface area contributed by atoms with Crippen molar-refractivity contribution in [2.75, 3.05) is 19.6 Å². The highest BCUT2D eigenvalue weighted by Crippen LogP contribution is 2.06. The second-order valence-electron chi connectivity index (χ2n) is 6.63. The topological polar surface area (TPSA) is 12.1 Å². The second kappa shape index (κ2) is 12.7. The maximum atomic E-state index is 2.70. The molecular weight excluding hydrogens is 270 g/mol. The predicted octanol–water partition coefficient (Wildman–Crippen LogP) is 4.17. The van der Waals surface area contributed by atoms with Crippen molar-refractivity contribution in [2.45, 2.75) is 78.2 Å². The fraction of sp³-hybridized carbons (Fsp3) is 0.842. The number of unbranched alkanes of at least 4 members (excludes halogenated alkanes) is 6. The quantitative estimate of drug-likeness (QED) is 0.371. The van der Waals surface area contributed by atoms with Gasteiger partial charge < -0.3 is 4.90 Å². The second-order valence-corrected chi connectivity index (χ2v) is 6.63. The normalized spacial score (nSPS) is 11.5. The maximum absolute atomic E-state index is 2.70. The Morgan fingerprint density at radius 1 is 0.818 bits per heavy atom. The number of aromatic nitrogens is 2. The Bertz CT molecular complexity index is 347. The first-order valence-electron chi connectivity index (χ1n) is 9.49. The summed E-state index contributed by atoms with van der Waals surface area (Å²) >= 11 is 0. The summed E-state index contributed by atoms with van der Waals surface area (Å²) in [5, 5.41) is 0. The molecule has 0 aliphatic rings. The minimum absolute atomic E-state index is 1.14. The van der Waals surface area contributed by atoms with Crippen LogP contribution in [0.2, 0.25) is 0 Å². The first kappa shape index (κ1) is 19.2. The number of imidazole rings is 1. The van der Waals surface area contributed by atoms with E-state index in [0.717, 1.165) is 6.54 Å². The lowest BCUT2D eigenvalue weighted by molar-refractivity contribution is -0.671. The molecule has 1 aromatic rings. The van der Waals surface area contributed by atoms with Crippen molar-refractivity contribution in [3.63, 3.8) is 0 Å². The number of hydrogen-bond donors (Lipinski definition) is 0. The molecule has 0 N–H and O–H groups in total. The average molecular weight is 309 g/mol. The molecule has 0 aliphatic carbocycles. The fourth-order valence-corrected chi connectivity index (χ4v) is 2.97. The van der Waals surface area contributed by atoms with E-state index in [-0.39, 0.29) is 0 Å². The van der Waals surface area contributed by atoms with Crippen molar-refractivity contribution < 1.29 is 4.57 Å². The van der Waals surface area contributed by atoms with E-state index in [9.17, 15) is 0 Å². The lowest BCUT2D eigenvalue weighted by atomic mass is 10.1. The molecule has 0 saturated carbocycles. The maximum Gasteiger partial charge on any atom is 0.243 e. The Morgan fingerprint density at radius 2 is 1.41 bits per heavy atom. The molecule has 0 saturated heterocycles. The summed E-state index contributed by atoms with van der Waals surface area (Å²) in [6, 6.07) is 0. The van der Waals surface area contributed by atoms with Crippen LogP contribution in [-0.2, 0) is 13.6 Å². The van der Waals surface area contributed by atoms with Gasteiger partial charge >= 0.3 is 0 Å². The largest absolute Gasteiger partial charge is 0.303 e. The van der Waals surface area contributed by atoms with Gasteiger partial charge in [0.05, 0.1) is 13.6 Å². The van der Waals surface area contributed by atoms with Crippen LogP contribution in [0.5, 0.6) is 0 Å². The van der Waals surface area contributed by atoms with E-state index in [2.05, 4.69) is 53.7 Å². The Balaban J connectivity index is 2.22. The van der Waals surface area contributed by atoms with Crippen LogP contribution in [0.3, 0.4) is 0 Å². The molecule has 0 aliphatic heterocycles. The molecule has 1 rings (SSSR count). The van der Waals surface area contributed by atoms with E-state index >= 15 is 0 Å². The van der Waals surface area contributed by atoms with Crippen LogP contribution in [-0.4, -0.2) is 29.1 Å². The molecule has 0 radical (unpaired) electrons. The van der Waals surface area contributed by atoms with Gasteiger partial charge in [-0.3, -0.25) is 0 Å². The minimum atomic E-state index is 1.14. The lowest BCUT2D eigenvalue weighted by Crippen LogP contribution is -2.28. The molecule has 22 heavy (non-hydrogen) atoms. The summed E-state index contributed by atoms with van der Waals surface area (Å²) in [5.41, 5.74) is 0. The summed E-state index contributed by atoms with van der Waals surface area (Å²) in [5.74, 6) is 0. The van der Waals surface area contributed by atoms with Crippen LogP contribution in [0.15, 0.2) is 18.7 Å². The molecule has 3 heteroatoms. The van der Waals surface area contributed by atoms with Crippen molar-refractivity contribution in [2.24, 2.45) is 7.05 Å². The van der Waals surface area contributed by atoms with E-state index in [1.54, 1.807) is 0 Å². The molecule has 1 aromatic heterocycles. The molecule has 128 valence electrons. The third-order valence-electron chi connectivity index (χ3n) is 4.37. The summed E-state index contributed by atoms with van der Waals surface area (Å²) < 4.78 is 4.42. The summed E-state index contributed by atoms with van der Waals surface area (Å²) in [6.07, 6.45) is 18.7. The number of nitrogens with zero attached hydrogens (tertiary/aromatic N) is 3. The van der Waals surface area contributed by atoms with Gasteiger partial charge in [-0.1, -0.05) is 52.4 Å². The highest BCUT2D eigenvalue weighted by molar-refractivity contribution is 4.67. The lowest BCUT2D eigenvalue weighted by Gasteiger charge is -2.22. The SMILES string of the molecule is CCCCCCN(CCCCCC)CCCn1cc[n+](C)c1. The van der Waals surface area contributed by atoms with Crippen LogP contribution in [0.25, 0.3) is 0 Å². The van der Waals surface area contributed by atoms with E-state index in [0.29, 0.717) is 0 Å². The van der Waals surface area contributed by atoms with Gasteiger partial charge in [0.15, 0.2) is 0 Å². The fourth-order valence-electron chi connectivity index (χ4n) is 2.97. The van der Waals surface area contributed by atoms with Crippen LogP contribution < -0.4 is 4.57 Å². The first-order valence-corrected chi connectivity index (χ1v) is 9.49. The molecule has 0 atom stereocenters. The van der Waals surface area contributed by atoms with Crippen LogP contribution >= 0.6 is 0 Å². The Labute approximate surface area is 138 Å². The Hall–Kier alpha value is -0.830. The van der Waals surface area contributed by atoms with Crippen molar-refractivity contribution in [3.05, 3.63) is 18.7 Å². The molecule has 0 amide bonds. The molecule has 0 spiro atoms. The van der Waals surface area contributed by atoms with Gasteiger partial charge in [-0.25, -0.2) is 9.13 Å². The Kier molecular flexibility index (Phi) is 11.1. The van der Waals surface area contributed by atoms with Crippen LogP contribution in [0.1, 0.15) is 71.6 Å². The Morgan fingerprint density at radius 3 is 1.91 bits per heavy atom. The average Bonchev–Trinajstić information content (AvgIpc) is 2.92. The predicted molar refractivity (Wildman–Crippen MR) is 94.9 cm³/mol. The van der Waals surface area contributed by atoms with Gasteiger partial charge in [0, 0.05) is 6.54 Å². The molecule has 0 bridgehead atoms. The highest BCUT2D eigenvalue weighted by atomic mass is 15.1. The van der Waals surface area contributed by atoms with Crippen LogP contribution in [0.4, 0.5) is 0 Å². The van der Waals surface area contributed by atoms with Gasteiger partial charge in [-0.2, -0.15) is 0 Å². The molecule has 1 heterocycles. The molecular formula is C19H38N3+. The molecule has 0 fully saturated rings. The summed E-state index contributed by atoms with van der Waals surface area (Å²) in [4.78, 5) is 2.70. The van der Waals surface area contributed by atoms with E-state index in [1.165, 1.54) is 77.4 Å². The van der Waals surface area contributed by atoms with Gasteiger partial charge in [0.25, 0.3) is 0 Å². The van der Waals surface area contributed by atoms with Crippen LogP contribution in [0, 0.1) is 0 Å². The molecule has 0 unspecified atom stereocenters. The van der Waals surface area contributed by atoms with Crippen molar-refractivity contribution in [3.8, 4) is 0 Å². The standard InChI is InChI=1S/C19H38N3/c1-4-6-8-10-13-21(14-11-9-7-5-2)15-12-16-22-18-17-20(3)19-22/h17-19H,4-16H2,1-3H3/q+1. The van der Waals surface area contributed by atoms with E-state index in [4.69, 9.17) is 0 Å².